The van der Waals surface area contributed by atoms with Gasteiger partial charge in [-0.1, -0.05) is 0 Å². The van der Waals surface area contributed by atoms with Crippen molar-refractivity contribution in [3.05, 3.63) is 29.6 Å². The molecule has 0 unspecified atom stereocenters. The van der Waals surface area contributed by atoms with Crippen LogP contribution < -0.4 is 5.73 Å². The minimum atomic E-state index is -4.34. The van der Waals surface area contributed by atoms with E-state index in [4.69, 9.17) is 5.73 Å². The second-order valence-electron chi connectivity index (χ2n) is 5.21. The molecular weight excluding hydrogens is 255 g/mol. The van der Waals surface area contributed by atoms with E-state index in [0.717, 1.165) is 31.4 Å². The Labute approximate surface area is 108 Å². The van der Waals surface area contributed by atoms with Crippen molar-refractivity contribution in [3.63, 3.8) is 0 Å². The molecule has 19 heavy (non-hydrogen) atoms. The van der Waals surface area contributed by atoms with E-state index in [9.17, 15) is 13.2 Å². The van der Waals surface area contributed by atoms with Crippen LogP contribution in [0.15, 0.2) is 18.2 Å². The smallest absolute Gasteiger partial charge is 0.330 e. The van der Waals surface area contributed by atoms with Crippen LogP contribution in [0, 0.1) is 0 Å². The first-order chi connectivity index (χ1) is 8.81. The Kier molecular flexibility index (Phi) is 2.44. The Morgan fingerprint density at radius 2 is 2.00 bits per heavy atom. The molecule has 0 atom stereocenters. The summed E-state index contributed by atoms with van der Waals surface area (Å²) >= 11 is 0. The van der Waals surface area contributed by atoms with E-state index in [2.05, 4.69) is 4.98 Å². The van der Waals surface area contributed by atoms with E-state index in [1.807, 2.05) is 0 Å². The summed E-state index contributed by atoms with van der Waals surface area (Å²) in [5.74, 6) is 0.674. The van der Waals surface area contributed by atoms with Crippen molar-refractivity contribution in [1.82, 2.24) is 9.55 Å². The topological polar surface area (TPSA) is 43.8 Å². The van der Waals surface area contributed by atoms with E-state index < -0.39 is 17.3 Å². The number of halogens is 3. The average molecular weight is 269 g/mol. The third-order valence-electron chi connectivity index (χ3n) is 3.90. The second kappa shape index (κ2) is 3.72. The van der Waals surface area contributed by atoms with Gasteiger partial charge in [-0.3, -0.25) is 0 Å². The molecule has 1 aliphatic rings. The van der Waals surface area contributed by atoms with Crippen molar-refractivity contribution >= 4 is 11.0 Å². The highest BCUT2D eigenvalue weighted by atomic mass is 19.4. The zero-order valence-electron chi connectivity index (χ0n) is 10.5. The number of alkyl halides is 3. The Morgan fingerprint density at radius 3 is 2.53 bits per heavy atom. The number of nitrogens with zero attached hydrogens (tertiary/aromatic N) is 2. The van der Waals surface area contributed by atoms with Crippen molar-refractivity contribution in [2.75, 3.05) is 0 Å². The Hall–Kier alpha value is -1.56. The van der Waals surface area contributed by atoms with Gasteiger partial charge in [0.05, 0.1) is 22.1 Å². The lowest BCUT2D eigenvalue weighted by Gasteiger charge is -2.37. The highest BCUT2D eigenvalue weighted by molar-refractivity contribution is 5.77. The molecule has 1 heterocycles. The summed E-state index contributed by atoms with van der Waals surface area (Å²) in [5.41, 5.74) is 6.08. The molecule has 0 saturated heterocycles. The monoisotopic (exact) mass is 269 g/mol. The van der Waals surface area contributed by atoms with Gasteiger partial charge in [0.15, 0.2) is 0 Å². The summed E-state index contributed by atoms with van der Waals surface area (Å²) in [4.78, 5) is 4.32. The maximum atomic E-state index is 12.7. The molecule has 0 amide bonds. The third-order valence-corrected chi connectivity index (χ3v) is 3.90. The molecule has 1 fully saturated rings. The van der Waals surface area contributed by atoms with E-state index in [1.165, 1.54) is 6.07 Å². The van der Waals surface area contributed by atoms with Crippen molar-refractivity contribution < 1.29 is 13.2 Å². The summed E-state index contributed by atoms with van der Waals surface area (Å²) in [6.45, 7) is 0. The van der Waals surface area contributed by atoms with Gasteiger partial charge in [0.25, 0.3) is 0 Å². The molecule has 6 heteroatoms. The van der Waals surface area contributed by atoms with E-state index in [1.54, 1.807) is 11.6 Å². The maximum absolute atomic E-state index is 12.7. The quantitative estimate of drug-likeness (QED) is 0.865. The lowest BCUT2D eigenvalue weighted by molar-refractivity contribution is -0.137. The molecule has 2 N–H and O–H groups in total. The molecule has 1 aromatic carbocycles. The number of hydrogen-bond donors (Lipinski definition) is 1. The van der Waals surface area contributed by atoms with Crippen LogP contribution in [0.1, 0.15) is 30.7 Å². The highest BCUT2D eigenvalue weighted by Gasteiger charge is 2.39. The number of aryl methyl sites for hydroxylation is 1. The van der Waals surface area contributed by atoms with E-state index in [-0.39, 0.29) is 0 Å². The fourth-order valence-electron chi connectivity index (χ4n) is 2.60. The minimum Gasteiger partial charge on any atom is -0.330 e. The van der Waals surface area contributed by atoms with E-state index >= 15 is 0 Å². The fourth-order valence-corrected chi connectivity index (χ4v) is 2.60. The van der Waals surface area contributed by atoms with Gasteiger partial charge in [-0.25, -0.2) is 4.98 Å². The van der Waals surface area contributed by atoms with Crippen LogP contribution >= 0.6 is 0 Å². The van der Waals surface area contributed by atoms with Gasteiger partial charge in [-0.2, -0.15) is 13.2 Å². The molecule has 0 aliphatic heterocycles. The van der Waals surface area contributed by atoms with Crippen LogP contribution in [0.4, 0.5) is 13.2 Å². The first kappa shape index (κ1) is 12.5. The van der Waals surface area contributed by atoms with E-state index in [0.29, 0.717) is 16.9 Å². The molecule has 3 rings (SSSR count). The normalized spacial score (nSPS) is 18.6. The molecule has 1 aliphatic carbocycles. The first-order valence-corrected chi connectivity index (χ1v) is 6.14. The maximum Gasteiger partial charge on any atom is 0.416 e. The number of nitrogens with two attached hydrogens (primary N) is 1. The van der Waals surface area contributed by atoms with Crippen LogP contribution in [0.2, 0.25) is 0 Å². The number of rotatable bonds is 1. The largest absolute Gasteiger partial charge is 0.416 e. The number of fused-ring (bicyclic) bond motifs is 1. The number of aromatic nitrogens is 2. The highest BCUT2D eigenvalue weighted by Crippen LogP contribution is 2.39. The van der Waals surface area contributed by atoms with Crippen LogP contribution in [-0.2, 0) is 18.8 Å². The predicted molar refractivity (Wildman–Crippen MR) is 65.4 cm³/mol. The van der Waals surface area contributed by atoms with Crippen LogP contribution in [0.25, 0.3) is 11.0 Å². The lowest BCUT2D eigenvalue weighted by atomic mass is 9.77. The van der Waals surface area contributed by atoms with Crippen molar-refractivity contribution in [2.45, 2.75) is 31.0 Å². The summed E-state index contributed by atoms with van der Waals surface area (Å²) in [7, 11) is 1.80. The van der Waals surface area contributed by atoms with Crippen molar-refractivity contribution in [2.24, 2.45) is 12.8 Å². The second-order valence-corrected chi connectivity index (χ2v) is 5.21. The molecular formula is C13H14F3N3. The number of imidazole rings is 1. The standard InChI is InChI=1S/C13H14F3N3/c1-19-10-4-3-8(13(14,15)16)7-9(10)18-11(19)12(17)5-2-6-12/h3-4,7H,2,5-6,17H2,1H3. The Bertz CT molecular complexity index is 638. The van der Waals surface area contributed by atoms with Gasteiger partial charge in [-0.15, -0.1) is 0 Å². The summed E-state index contributed by atoms with van der Waals surface area (Å²) < 4.78 is 39.8. The van der Waals surface area contributed by atoms with Gasteiger partial charge in [0, 0.05) is 7.05 Å². The molecule has 0 bridgehead atoms. The average Bonchev–Trinajstić information content (AvgIpc) is 2.63. The molecule has 2 aromatic rings. The molecule has 1 aromatic heterocycles. The minimum absolute atomic E-state index is 0.351. The molecule has 102 valence electrons. The van der Waals surface area contributed by atoms with Gasteiger partial charge >= 0.3 is 6.18 Å². The summed E-state index contributed by atoms with van der Waals surface area (Å²) in [6.07, 6.45) is -1.65. The predicted octanol–water partition coefficient (Wildman–Crippen LogP) is 2.93. The fraction of sp³-hybridized carbons (Fsp3) is 0.462. The molecule has 1 saturated carbocycles. The van der Waals surface area contributed by atoms with Crippen molar-refractivity contribution in [3.8, 4) is 0 Å². The summed E-state index contributed by atoms with van der Waals surface area (Å²) in [6, 6.07) is 3.62. The third kappa shape index (κ3) is 1.82. The Morgan fingerprint density at radius 1 is 1.32 bits per heavy atom. The first-order valence-electron chi connectivity index (χ1n) is 6.14. The molecule has 0 spiro atoms. The van der Waals surface area contributed by atoms with Crippen LogP contribution in [0.3, 0.4) is 0 Å². The number of hydrogen-bond acceptors (Lipinski definition) is 2. The lowest BCUT2D eigenvalue weighted by Crippen LogP contribution is -2.45. The van der Waals surface area contributed by atoms with Gasteiger partial charge in [0.1, 0.15) is 5.82 Å². The van der Waals surface area contributed by atoms with Gasteiger partial charge < -0.3 is 10.3 Å². The zero-order chi connectivity index (χ0) is 13.8. The van der Waals surface area contributed by atoms with Crippen LogP contribution in [-0.4, -0.2) is 9.55 Å². The molecule has 0 radical (unpaired) electrons. The summed E-state index contributed by atoms with van der Waals surface area (Å²) in [5, 5.41) is 0. The van der Waals surface area contributed by atoms with Crippen LogP contribution in [0.5, 0.6) is 0 Å². The Balaban J connectivity index is 2.15. The SMILES string of the molecule is Cn1c(C2(N)CCC2)nc2cc(C(F)(F)F)ccc21. The molecule has 3 nitrogen and oxygen atoms in total. The van der Waals surface area contributed by atoms with Gasteiger partial charge in [-0.05, 0) is 37.5 Å². The zero-order valence-corrected chi connectivity index (χ0v) is 10.5. The number of benzene rings is 1. The van der Waals surface area contributed by atoms with Crippen molar-refractivity contribution in [1.29, 1.82) is 0 Å². The van der Waals surface area contributed by atoms with Gasteiger partial charge in [0.2, 0.25) is 0 Å².